The summed E-state index contributed by atoms with van der Waals surface area (Å²) < 4.78 is 5.48. The van der Waals surface area contributed by atoms with E-state index in [-0.39, 0.29) is 16.8 Å². The zero-order chi connectivity index (χ0) is 17.8. The Morgan fingerprint density at radius 2 is 1.76 bits per heavy atom. The fourth-order valence-corrected chi connectivity index (χ4v) is 3.25. The quantitative estimate of drug-likeness (QED) is 0.559. The summed E-state index contributed by atoms with van der Waals surface area (Å²) in [4.78, 5) is 32.5. The summed E-state index contributed by atoms with van der Waals surface area (Å²) in [6, 6.07) is 16.7. The molecule has 0 fully saturated rings. The summed E-state index contributed by atoms with van der Waals surface area (Å²) in [5, 5.41) is 0.148. The van der Waals surface area contributed by atoms with Gasteiger partial charge in [0, 0.05) is 4.90 Å². The lowest BCUT2D eigenvalue weighted by molar-refractivity contribution is -0.147. The maximum atomic E-state index is 12.3. The number of esters is 1. The van der Waals surface area contributed by atoms with E-state index in [9.17, 15) is 9.59 Å². The van der Waals surface area contributed by atoms with Crippen LogP contribution in [0.15, 0.2) is 64.3 Å². The molecule has 0 spiro atoms. The number of H-pyrrole nitrogens is 1. The molecule has 2 aromatic carbocycles. The number of hydrogen-bond acceptors (Lipinski definition) is 5. The third-order valence-electron chi connectivity index (χ3n) is 3.70. The second kappa shape index (κ2) is 7.53. The molecule has 0 saturated heterocycles. The highest BCUT2D eigenvalue weighted by Gasteiger charge is 2.21. The minimum absolute atomic E-state index is 0.241. The van der Waals surface area contributed by atoms with Crippen molar-refractivity contribution in [3.63, 3.8) is 0 Å². The number of nitrogens with one attached hydrogen (secondary N) is 1. The Morgan fingerprint density at radius 3 is 2.52 bits per heavy atom. The summed E-state index contributed by atoms with van der Waals surface area (Å²) in [6.45, 7) is 3.49. The first-order valence-electron chi connectivity index (χ1n) is 7.96. The Kier molecular flexibility index (Phi) is 5.19. The number of aromatic amines is 1. The normalized spacial score (nSPS) is 13.4. The van der Waals surface area contributed by atoms with E-state index in [1.807, 2.05) is 36.4 Å². The van der Waals surface area contributed by atoms with E-state index in [0.717, 1.165) is 4.90 Å². The molecule has 0 unspecified atom stereocenters. The van der Waals surface area contributed by atoms with Gasteiger partial charge in [-0.15, -0.1) is 11.8 Å². The third-order valence-corrected chi connectivity index (χ3v) is 4.79. The molecule has 0 saturated carbocycles. The fraction of sp³-hybridized carbons (Fsp3) is 0.211. The van der Waals surface area contributed by atoms with Crippen molar-refractivity contribution in [2.45, 2.75) is 30.1 Å². The number of hydrogen-bond donors (Lipinski definition) is 1. The average molecular weight is 354 g/mol. The zero-order valence-corrected chi connectivity index (χ0v) is 14.7. The van der Waals surface area contributed by atoms with Crippen molar-refractivity contribution in [1.82, 2.24) is 9.97 Å². The van der Waals surface area contributed by atoms with Gasteiger partial charge in [-0.25, -0.2) is 4.98 Å². The smallest absolute Gasteiger partial charge is 0.319 e. The lowest BCUT2D eigenvalue weighted by Crippen LogP contribution is -2.22. The number of benzene rings is 2. The number of nitrogens with zero attached hydrogens (tertiary/aromatic N) is 1. The van der Waals surface area contributed by atoms with Crippen molar-refractivity contribution in [2.75, 3.05) is 0 Å². The molecule has 0 aliphatic rings. The first kappa shape index (κ1) is 17.2. The molecular weight excluding hydrogens is 336 g/mol. The molecule has 3 aromatic rings. The Balaban J connectivity index is 1.72. The standard InChI is InChI=1S/C19H18N2O3S/c1-12(17-20-16-11-7-6-10-15(16)18(22)21-17)24-19(23)13(2)25-14-8-4-3-5-9-14/h3-13H,1-2H3,(H,20,21,22)/t12-,13-/m1/s1. The number of para-hydroxylation sites is 1. The summed E-state index contributed by atoms with van der Waals surface area (Å²) >= 11 is 1.43. The summed E-state index contributed by atoms with van der Waals surface area (Å²) in [5.41, 5.74) is 0.339. The zero-order valence-electron chi connectivity index (χ0n) is 13.9. The van der Waals surface area contributed by atoms with Crippen LogP contribution in [0.25, 0.3) is 10.9 Å². The molecule has 2 atom stereocenters. The van der Waals surface area contributed by atoms with Crippen LogP contribution in [0.2, 0.25) is 0 Å². The molecule has 25 heavy (non-hydrogen) atoms. The van der Waals surface area contributed by atoms with Crippen LogP contribution in [0.5, 0.6) is 0 Å². The molecule has 0 aliphatic carbocycles. The van der Waals surface area contributed by atoms with Gasteiger partial charge < -0.3 is 9.72 Å². The molecule has 128 valence electrons. The van der Waals surface area contributed by atoms with Crippen LogP contribution in [0.1, 0.15) is 25.8 Å². The monoisotopic (exact) mass is 354 g/mol. The van der Waals surface area contributed by atoms with Crippen LogP contribution in [0.3, 0.4) is 0 Å². The number of aromatic nitrogens is 2. The van der Waals surface area contributed by atoms with Gasteiger partial charge in [0.2, 0.25) is 0 Å². The lowest BCUT2D eigenvalue weighted by atomic mass is 10.2. The topological polar surface area (TPSA) is 72.0 Å². The second-order valence-electron chi connectivity index (χ2n) is 5.62. The van der Waals surface area contributed by atoms with E-state index in [1.54, 1.807) is 32.0 Å². The molecule has 6 heteroatoms. The van der Waals surface area contributed by atoms with Gasteiger partial charge >= 0.3 is 5.97 Å². The van der Waals surface area contributed by atoms with E-state index < -0.39 is 6.10 Å². The van der Waals surface area contributed by atoms with Crippen molar-refractivity contribution in [3.05, 3.63) is 70.8 Å². The average Bonchev–Trinajstić information content (AvgIpc) is 2.62. The summed E-state index contributed by atoms with van der Waals surface area (Å²) in [6.07, 6.45) is -0.636. The van der Waals surface area contributed by atoms with Gasteiger partial charge in [-0.3, -0.25) is 9.59 Å². The van der Waals surface area contributed by atoms with Gasteiger partial charge in [0.25, 0.3) is 5.56 Å². The number of fused-ring (bicyclic) bond motifs is 1. The van der Waals surface area contributed by atoms with Crippen molar-refractivity contribution in [1.29, 1.82) is 0 Å². The fourth-order valence-electron chi connectivity index (χ4n) is 2.37. The minimum Gasteiger partial charge on any atom is -0.454 e. The molecule has 5 nitrogen and oxygen atoms in total. The SMILES string of the molecule is C[C@@H](Sc1ccccc1)C(=O)O[C@H](C)c1nc2ccccc2c(=O)[nH]1. The molecule has 3 rings (SSSR count). The van der Waals surface area contributed by atoms with Gasteiger partial charge in [-0.1, -0.05) is 30.3 Å². The van der Waals surface area contributed by atoms with Crippen molar-refractivity contribution in [2.24, 2.45) is 0 Å². The largest absolute Gasteiger partial charge is 0.454 e. The van der Waals surface area contributed by atoms with Crippen LogP contribution in [-0.2, 0) is 9.53 Å². The molecular formula is C19H18N2O3S. The number of thioether (sulfide) groups is 1. The minimum atomic E-state index is -0.636. The predicted molar refractivity (Wildman–Crippen MR) is 98.6 cm³/mol. The van der Waals surface area contributed by atoms with Crippen molar-refractivity contribution >= 4 is 28.6 Å². The highest BCUT2D eigenvalue weighted by atomic mass is 32.2. The maximum Gasteiger partial charge on any atom is 0.319 e. The maximum absolute atomic E-state index is 12.3. The Morgan fingerprint density at radius 1 is 1.08 bits per heavy atom. The van der Waals surface area contributed by atoms with E-state index in [0.29, 0.717) is 16.7 Å². The van der Waals surface area contributed by atoms with E-state index in [4.69, 9.17) is 4.74 Å². The molecule has 0 amide bonds. The second-order valence-corrected chi connectivity index (χ2v) is 7.03. The van der Waals surface area contributed by atoms with Crippen LogP contribution < -0.4 is 5.56 Å². The van der Waals surface area contributed by atoms with Crippen molar-refractivity contribution in [3.8, 4) is 0 Å². The highest BCUT2D eigenvalue weighted by molar-refractivity contribution is 8.00. The van der Waals surface area contributed by atoms with Gasteiger partial charge in [0.15, 0.2) is 11.9 Å². The molecule has 1 N–H and O–H groups in total. The van der Waals surface area contributed by atoms with Gasteiger partial charge in [-0.2, -0.15) is 0 Å². The van der Waals surface area contributed by atoms with E-state index in [2.05, 4.69) is 9.97 Å². The Labute approximate surface area is 149 Å². The molecule has 0 aliphatic heterocycles. The summed E-state index contributed by atoms with van der Waals surface area (Å²) in [5.74, 6) is -0.00822. The van der Waals surface area contributed by atoms with Gasteiger partial charge in [-0.05, 0) is 38.1 Å². The van der Waals surface area contributed by atoms with E-state index in [1.165, 1.54) is 11.8 Å². The highest BCUT2D eigenvalue weighted by Crippen LogP contribution is 2.25. The van der Waals surface area contributed by atoms with E-state index >= 15 is 0 Å². The van der Waals surface area contributed by atoms with Crippen LogP contribution in [-0.4, -0.2) is 21.2 Å². The van der Waals surface area contributed by atoms with Gasteiger partial charge in [0.1, 0.15) is 5.25 Å². The van der Waals surface area contributed by atoms with Crippen LogP contribution >= 0.6 is 11.8 Å². The molecule has 0 radical (unpaired) electrons. The molecule has 0 bridgehead atoms. The predicted octanol–water partition coefficient (Wildman–Crippen LogP) is 3.71. The number of carbonyl (C=O) groups excluding carboxylic acids is 1. The van der Waals surface area contributed by atoms with Crippen molar-refractivity contribution < 1.29 is 9.53 Å². The molecule has 1 aromatic heterocycles. The molecule has 1 heterocycles. The third kappa shape index (κ3) is 4.09. The Bertz CT molecular complexity index is 940. The van der Waals surface area contributed by atoms with Crippen LogP contribution in [0, 0.1) is 0 Å². The first-order chi connectivity index (χ1) is 12.0. The van der Waals surface area contributed by atoms with Gasteiger partial charge in [0.05, 0.1) is 10.9 Å². The number of rotatable bonds is 5. The summed E-state index contributed by atoms with van der Waals surface area (Å²) in [7, 11) is 0. The number of ether oxygens (including phenoxy) is 1. The first-order valence-corrected chi connectivity index (χ1v) is 8.83. The number of carbonyl (C=O) groups is 1. The van der Waals surface area contributed by atoms with Crippen LogP contribution in [0.4, 0.5) is 0 Å². The lowest BCUT2D eigenvalue weighted by Gasteiger charge is -2.16. The Hall–Kier alpha value is -2.60.